The second-order valence-electron chi connectivity index (χ2n) is 9.33. The van der Waals surface area contributed by atoms with E-state index in [0.29, 0.717) is 38.7 Å². The number of esters is 1. The number of rotatable bonds is 7. The van der Waals surface area contributed by atoms with Crippen LogP contribution in [0.5, 0.6) is 11.5 Å². The van der Waals surface area contributed by atoms with Gasteiger partial charge in [-0.05, 0) is 84.8 Å². The summed E-state index contributed by atoms with van der Waals surface area (Å²) < 4.78 is 53.7. The highest BCUT2D eigenvalue weighted by Crippen LogP contribution is 2.35. The third-order valence-corrected chi connectivity index (χ3v) is 7.12. The molecule has 2 heterocycles. The summed E-state index contributed by atoms with van der Waals surface area (Å²) in [7, 11) is 0. The van der Waals surface area contributed by atoms with Crippen LogP contribution in [0.1, 0.15) is 34.1 Å². The number of aromatic nitrogens is 2. The zero-order chi connectivity index (χ0) is 30.9. The van der Waals surface area contributed by atoms with Gasteiger partial charge in [0.25, 0.3) is 5.56 Å². The summed E-state index contributed by atoms with van der Waals surface area (Å²) in [5.41, 5.74) is -1.86. The van der Waals surface area contributed by atoms with Crippen molar-refractivity contribution in [2.24, 2.45) is 0 Å². The molecule has 0 saturated heterocycles. The molecule has 0 amide bonds. The quantitative estimate of drug-likeness (QED) is 0.184. The van der Waals surface area contributed by atoms with Crippen molar-refractivity contribution in [2.45, 2.75) is 19.6 Å². The van der Waals surface area contributed by atoms with E-state index in [9.17, 15) is 28.0 Å². The summed E-state index contributed by atoms with van der Waals surface area (Å²) in [5, 5.41) is 10.7. The van der Waals surface area contributed by atoms with Crippen LogP contribution < -0.4 is 10.3 Å². The predicted molar refractivity (Wildman–Crippen MR) is 156 cm³/mol. The molecule has 0 aliphatic rings. The van der Waals surface area contributed by atoms with Crippen molar-refractivity contribution >= 4 is 40.1 Å². The number of aromatic amines is 1. The van der Waals surface area contributed by atoms with Gasteiger partial charge in [0, 0.05) is 20.9 Å². The molecule has 0 saturated carbocycles. The van der Waals surface area contributed by atoms with Gasteiger partial charge in [0.15, 0.2) is 0 Å². The molecule has 2 aromatic heterocycles. The molecule has 0 spiro atoms. The lowest BCUT2D eigenvalue weighted by molar-refractivity contribution is -0.137. The van der Waals surface area contributed by atoms with E-state index in [1.807, 2.05) is 0 Å². The number of ether oxygens (including phenoxy) is 2. The lowest BCUT2D eigenvalue weighted by Gasteiger charge is -2.18. The second-order valence-corrected chi connectivity index (χ2v) is 10.2. The molecular weight excluding hydrogens is 606 g/mol. The maximum Gasteiger partial charge on any atom is 0.417 e. The summed E-state index contributed by atoms with van der Waals surface area (Å²) in [6.45, 7) is 1.74. The third-order valence-electron chi connectivity index (χ3n) is 6.53. The van der Waals surface area contributed by atoms with Crippen LogP contribution in [0.25, 0.3) is 22.2 Å². The molecular formula is C31H20Cl2F3N3O4. The molecule has 0 aliphatic carbocycles. The minimum atomic E-state index is -4.94. The summed E-state index contributed by atoms with van der Waals surface area (Å²) in [6, 6.07) is 19.6. The zero-order valence-electron chi connectivity index (χ0n) is 22.3. The van der Waals surface area contributed by atoms with E-state index in [2.05, 4.69) is 4.98 Å². The molecule has 218 valence electrons. The molecule has 5 rings (SSSR count). The Bertz CT molecular complexity index is 1960. The second kappa shape index (κ2) is 11.9. The highest BCUT2D eigenvalue weighted by Gasteiger charge is 2.36. The van der Waals surface area contributed by atoms with Gasteiger partial charge in [-0.3, -0.25) is 4.79 Å². The first-order chi connectivity index (χ1) is 20.5. The van der Waals surface area contributed by atoms with Gasteiger partial charge in [-0.25, -0.2) is 4.79 Å². The van der Waals surface area contributed by atoms with Crippen molar-refractivity contribution in [3.05, 3.63) is 116 Å². The summed E-state index contributed by atoms with van der Waals surface area (Å²) in [6.07, 6.45) is -4.94. The molecule has 0 radical (unpaired) electrons. The monoisotopic (exact) mass is 625 g/mol. The van der Waals surface area contributed by atoms with Gasteiger partial charge >= 0.3 is 12.1 Å². The topological polar surface area (TPSA) is 97.1 Å². The highest BCUT2D eigenvalue weighted by atomic mass is 35.5. The Hall–Kier alpha value is -4.72. The number of nitriles is 1. The average molecular weight is 626 g/mol. The number of nitrogens with one attached hydrogen (secondary N) is 1. The van der Waals surface area contributed by atoms with Crippen LogP contribution >= 0.6 is 23.2 Å². The molecule has 3 aromatic carbocycles. The number of alkyl halides is 3. The SMILES string of the molecule is CCOC(=O)c1cc2cc(Oc3ccc(-c4cc(C(F)(F)F)c(C#N)c(=O)n4Cc4ccc(Cl)cc4Cl)cc3)ccc2[nH]1. The number of fused-ring (bicyclic) bond motifs is 1. The van der Waals surface area contributed by atoms with Crippen molar-refractivity contribution < 1.29 is 27.4 Å². The van der Waals surface area contributed by atoms with Crippen LogP contribution in [0.15, 0.2) is 77.6 Å². The van der Waals surface area contributed by atoms with Crippen molar-refractivity contribution in [1.29, 1.82) is 5.26 Å². The maximum absolute atomic E-state index is 13.9. The Morgan fingerprint density at radius 3 is 2.37 bits per heavy atom. The average Bonchev–Trinajstić information content (AvgIpc) is 3.39. The third kappa shape index (κ3) is 6.23. The number of hydrogen-bond donors (Lipinski definition) is 1. The molecule has 12 heteroatoms. The fourth-order valence-corrected chi connectivity index (χ4v) is 4.99. The van der Waals surface area contributed by atoms with Crippen LogP contribution in [-0.4, -0.2) is 22.1 Å². The zero-order valence-corrected chi connectivity index (χ0v) is 23.8. The maximum atomic E-state index is 13.9. The Morgan fingerprint density at radius 1 is 1.00 bits per heavy atom. The van der Waals surface area contributed by atoms with Crippen LogP contribution in [-0.2, 0) is 17.5 Å². The van der Waals surface area contributed by atoms with Crippen molar-refractivity contribution in [2.75, 3.05) is 6.61 Å². The first-order valence-corrected chi connectivity index (χ1v) is 13.5. The first-order valence-electron chi connectivity index (χ1n) is 12.8. The lowest BCUT2D eigenvalue weighted by atomic mass is 10.0. The number of nitrogens with zero attached hydrogens (tertiary/aromatic N) is 2. The van der Waals surface area contributed by atoms with Gasteiger partial charge in [0.1, 0.15) is 28.8 Å². The number of carbonyl (C=O) groups excluding carboxylic acids is 1. The van der Waals surface area contributed by atoms with E-state index in [1.165, 1.54) is 42.5 Å². The number of halogens is 5. The molecule has 0 atom stereocenters. The number of benzene rings is 3. The Kier molecular flexibility index (Phi) is 8.22. The van der Waals surface area contributed by atoms with Gasteiger partial charge in [-0.1, -0.05) is 29.3 Å². The normalized spacial score (nSPS) is 11.4. The van der Waals surface area contributed by atoms with Crippen LogP contribution in [0.3, 0.4) is 0 Å². The van der Waals surface area contributed by atoms with E-state index < -0.39 is 28.8 Å². The minimum Gasteiger partial charge on any atom is -0.461 e. The van der Waals surface area contributed by atoms with Crippen molar-refractivity contribution in [3.8, 4) is 28.8 Å². The molecule has 0 fully saturated rings. The van der Waals surface area contributed by atoms with E-state index in [-0.39, 0.29) is 29.4 Å². The Balaban J connectivity index is 1.51. The lowest BCUT2D eigenvalue weighted by Crippen LogP contribution is -2.28. The standard InChI is InChI=1S/C31H20Cl2F3N3O4/c1-2-42-30(41)27-12-19-11-22(9-10-26(19)38-27)43-21-7-4-17(5-8-21)28-14-24(31(34,35)36)23(15-37)29(40)39(28)16-18-3-6-20(32)13-25(18)33/h3-14,38H,2,16H2,1H3. The van der Waals surface area contributed by atoms with Gasteiger partial charge in [0.2, 0.25) is 0 Å². The predicted octanol–water partition coefficient (Wildman–Crippen LogP) is 8.21. The summed E-state index contributed by atoms with van der Waals surface area (Å²) in [5.74, 6) is 0.329. The van der Waals surface area contributed by atoms with E-state index >= 15 is 0 Å². The van der Waals surface area contributed by atoms with Crippen LogP contribution in [0, 0.1) is 11.3 Å². The Morgan fingerprint density at radius 2 is 1.72 bits per heavy atom. The van der Waals surface area contributed by atoms with Gasteiger partial charge in [0.05, 0.1) is 24.4 Å². The fourth-order valence-electron chi connectivity index (χ4n) is 4.52. The summed E-state index contributed by atoms with van der Waals surface area (Å²) >= 11 is 12.3. The van der Waals surface area contributed by atoms with Crippen molar-refractivity contribution in [1.82, 2.24) is 9.55 Å². The highest BCUT2D eigenvalue weighted by molar-refractivity contribution is 6.35. The molecule has 43 heavy (non-hydrogen) atoms. The summed E-state index contributed by atoms with van der Waals surface area (Å²) in [4.78, 5) is 28.3. The van der Waals surface area contributed by atoms with E-state index in [0.717, 1.165) is 10.6 Å². The van der Waals surface area contributed by atoms with Gasteiger partial charge in [-0.15, -0.1) is 0 Å². The number of hydrogen-bond acceptors (Lipinski definition) is 5. The number of carbonyl (C=O) groups is 1. The number of pyridine rings is 1. The van der Waals surface area contributed by atoms with Crippen LogP contribution in [0.4, 0.5) is 13.2 Å². The molecule has 7 nitrogen and oxygen atoms in total. The van der Waals surface area contributed by atoms with E-state index in [4.69, 9.17) is 32.7 Å². The first kappa shape index (κ1) is 29.8. The Labute approximate surface area is 252 Å². The van der Waals surface area contributed by atoms with Gasteiger partial charge in [-0.2, -0.15) is 18.4 Å². The molecule has 5 aromatic rings. The molecule has 0 unspecified atom stereocenters. The van der Waals surface area contributed by atoms with Crippen molar-refractivity contribution in [3.63, 3.8) is 0 Å². The smallest absolute Gasteiger partial charge is 0.417 e. The largest absolute Gasteiger partial charge is 0.461 e. The fraction of sp³-hybridized carbons (Fsp3) is 0.129. The molecule has 1 N–H and O–H groups in total. The van der Waals surface area contributed by atoms with E-state index in [1.54, 1.807) is 37.3 Å². The molecule has 0 bridgehead atoms. The number of H-pyrrole nitrogens is 1. The molecule has 0 aliphatic heterocycles. The van der Waals surface area contributed by atoms with Gasteiger partial charge < -0.3 is 19.0 Å². The minimum absolute atomic E-state index is 0.0749. The van der Waals surface area contributed by atoms with Crippen LogP contribution in [0.2, 0.25) is 10.0 Å².